The van der Waals surface area contributed by atoms with E-state index >= 15 is 0 Å². The highest BCUT2D eigenvalue weighted by molar-refractivity contribution is 7.89. The summed E-state index contributed by atoms with van der Waals surface area (Å²) >= 11 is 0. The Kier molecular flexibility index (Phi) is 5.38. The molecule has 138 valence electrons. The van der Waals surface area contributed by atoms with E-state index in [9.17, 15) is 13.2 Å². The lowest BCUT2D eigenvalue weighted by molar-refractivity contribution is 0.0923. The first-order valence-electron chi connectivity index (χ1n) is 8.66. The average Bonchev–Trinajstić information content (AvgIpc) is 2.65. The van der Waals surface area contributed by atoms with Crippen LogP contribution in [0, 0.1) is 13.8 Å². The zero-order valence-corrected chi connectivity index (χ0v) is 15.8. The van der Waals surface area contributed by atoms with Crippen LogP contribution in [-0.2, 0) is 10.0 Å². The van der Waals surface area contributed by atoms with E-state index in [0.717, 1.165) is 11.1 Å². The zero-order chi connectivity index (χ0) is 18.7. The van der Waals surface area contributed by atoms with Gasteiger partial charge in [0.1, 0.15) is 0 Å². The van der Waals surface area contributed by atoms with Gasteiger partial charge in [0, 0.05) is 31.5 Å². The first kappa shape index (κ1) is 18.5. The molecule has 1 saturated heterocycles. The van der Waals surface area contributed by atoms with Crippen LogP contribution in [0.1, 0.15) is 34.3 Å². The van der Waals surface area contributed by atoms with Crippen LogP contribution < -0.4 is 5.32 Å². The number of rotatable bonds is 4. The van der Waals surface area contributed by atoms with Crippen LogP contribution >= 0.6 is 0 Å². The number of nitrogens with one attached hydrogen (secondary N) is 1. The number of aromatic nitrogens is 1. The van der Waals surface area contributed by atoms with Crippen molar-refractivity contribution in [2.45, 2.75) is 37.6 Å². The first-order valence-corrected chi connectivity index (χ1v) is 10.1. The van der Waals surface area contributed by atoms with Crippen LogP contribution in [-0.4, -0.2) is 42.7 Å². The SMILES string of the molecule is Cc1ccc(S(=O)(=O)N2CCC(NC(=O)c3cccnc3)CC2)cc1C. The van der Waals surface area contributed by atoms with Gasteiger partial charge in [0.05, 0.1) is 10.5 Å². The van der Waals surface area contributed by atoms with Crippen molar-refractivity contribution in [1.82, 2.24) is 14.6 Å². The smallest absolute Gasteiger partial charge is 0.253 e. The molecule has 1 aromatic carbocycles. The third-order valence-corrected chi connectivity index (χ3v) is 6.72. The van der Waals surface area contributed by atoms with Crippen molar-refractivity contribution >= 4 is 15.9 Å². The van der Waals surface area contributed by atoms with Gasteiger partial charge in [-0.15, -0.1) is 0 Å². The summed E-state index contributed by atoms with van der Waals surface area (Å²) in [5, 5.41) is 2.96. The maximum absolute atomic E-state index is 12.8. The van der Waals surface area contributed by atoms with Gasteiger partial charge in [0.2, 0.25) is 10.0 Å². The Morgan fingerprint density at radius 2 is 1.88 bits per heavy atom. The molecule has 0 spiro atoms. The molecule has 1 amide bonds. The molecule has 6 nitrogen and oxygen atoms in total. The number of sulfonamides is 1. The van der Waals surface area contributed by atoms with Crippen LogP contribution in [0.2, 0.25) is 0 Å². The van der Waals surface area contributed by atoms with Gasteiger partial charge in [-0.25, -0.2) is 8.42 Å². The molecule has 0 bridgehead atoms. The van der Waals surface area contributed by atoms with Gasteiger partial charge in [-0.05, 0) is 62.1 Å². The molecular formula is C19H23N3O3S. The Morgan fingerprint density at radius 1 is 1.15 bits per heavy atom. The van der Waals surface area contributed by atoms with E-state index in [2.05, 4.69) is 10.3 Å². The molecule has 1 aromatic heterocycles. The lowest BCUT2D eigenvalue weighted by Gasteiger charge is -2.31. The van der Waals surface area contributed by atoms with E-state index in [0.29, 0.717) is 36.4 Å². The van der Waals surface area contributed by atoms with Gasteiger partial charge in [0.15, 0.2) is 0 Å². The summed E-state index contributed by atoms with van der Waals surface area (Å²) in [5.74, 6) is -0.173. The predicted octanol–water partition coefficient (Wildman–Crippen LogP) is 2.28. The second kappa shape index (κ2) is 7.55. The maximum atomic E-state index is 12.8. The second-order valence-corrected chi connectivity index (χ2v) is 8.58. The Labute approximate surface area is 154 Å². The molecule has 1 N–H and O–H groups in total. The molecule has 3 rings (SSSR count). The summed E-state index contributed by atoms with van der Waals surface area (Å²) in [7, 11) is -3.49. The topological polar surface area (TPSA) is 79.4 Å². The minimum absolute atomic E-state index is 0.0334. The van der Waals surface area contributed by atoms with Crippen molar-refractivity contribution < 1.29 is 13.2 Å². The van der Waals surface area contributed by atoms with Crippen molar-refractivity contribution in [2.75, 3.05) is 13.1 Å². The number of hydrogen-bond acceptors (Lipinski definition) is 4. The van der Waals surface area contributed by atoms with Crippen LogP contribution in [0.25, 0.3) is 0 Å². The number of aryl methyl sites for hydroxylation is 2. The van der Waals surface area contributed by atoms with Crippen molar-refractivity contribution in [3.63, 3.8) is 0 Å². The van der Waals surface area contributed by atoms with E-state index in [1.165, 1.54) is 10.5 Å². The second-order valence-electron chi connectivity index (χ2n) is 6.64. The molecule has 0 saturated carbocycles. The van der Waals surface area contributed by atoms with Gasteiger partial charge in [-0.3, -0.25) is 9.78 Å². The van der Waals surface area contributed by atoms with Crippen molar-refractivity contribution in [2.24, 2.45) is 0 Å². The van der Waals surface area contributed by atoms with Crippen molar-refractivity contribution in [3.8, 4) is 0 Å². The quantitative estimate of drug-likeness (QED) is 0.892. The number of carbonyl (C=O) groups is 1. The largest absolute Gasteiger partial charge is 0.349 e. The summed E-state index contributed by atoms with van der Waals surface area (Å²) in [6, 6.07) is 8.61. The Hall–Kier alpha value is -2.25. The number of pyridine rings is 1. The molecule has 0 atom stereocenters. The first-order chi connectivity index (χ1) is 12.4. The summed E-state index contributed by atoms with van der Waals surface area (Å²) in [5.41, 5.74) is 2.54. The lowest BCUT2D eigenvalue weighted by Crippen LogP contribution is -2.46. The monoisotopic (exact) mass is 373 g/mol. The third-order valence-electron chi connectivity index (χ3n) is 4.83. The molecule has 26 heavy (non-hydrogen) atoms. The van der Waals surface area contributed by atoms with Crippen LogP contribution in [0.5, 0.6) is 0 Å². The summed E-state index contributed by atoms with van der Waals surface area (Å²) in [4.78, 5) is 16.5. The molecule has 2 heterocycles. The van der Waals surface area contributed by atoms with Gasteiger partial charge in [-0.2, -0.15) is 4.31 Å². The van der Waals surface area contributed by atoms with Crippen LogP contribution in [0.3, 0.4) is 0 Å². The fraction of sp³-hybridized carbons (Fsp3) is 0.368. The predicted molar refractivity (Wildman–Crippen MR) is 99.4 cm³/mol. The van der Waals surface area contributed by atoms with Gasteiger partial charge < -0.3 is 5.32 Å². The maximum Gasteiger partial charge on any atom is 0.253 e. The summed E-state index contributed by atoms with van der Waals surface area (Å²) in [6.07, 6.45) is 4.33. The Balaban J connectivity index is 1.62. The third kappa shape index (κ3) is 3.94. The van der Waals surface area contributed by atoms with Gasteiger partial charge in [-0.1, -0.05) is 6.07 Å². The minimum Gasteiger partial charge on any atom is -0.349 e. The Bertz CT molecular complexity index is 890. The zero-order valence-electron chi connectivity index (χ0n) is 15.0. The number of piperidine rings is 1. The van der Waals surface area contributed by atoms with Crippen molar-refractivity contribution in [1.29, 1.82) is 0 Å². The normalized spacial score (nSPS) is 16.4. The molecule has 0 radical (unpaired) electrons. The number of carbonyl (C=O) groups excluding carboxylic acids is 1. The average molecular weight is 373 g/mol. The van der Waals surface area contributed by atoms with E-state index in [4.69, 9.17) is 0 Å². The van der Waals surface area contributed by atoms with E-state index in [1.54, 1.807) is 30.5 Å². The fourth-order valence-corrected chi connectivity index (χ4v) is 4.59. The molecule has 1 aliphatic rings. The highest BCUT2D eigenvalue weighted by atomic mass is 32.2. The van der Waals surface area contributed by atoms with Gasteiger partial charge >= 0.3 is 0 Å². The van der Waals surface area contributed by atoms with Crippen LogP contribution in [0.4, 0.5) is 0 Å². The Morgan fingerprint density at radius 3 is 2.50 bits per heavy atom. The number of amides is 1. The summed E-state index contributed by atoms with van der Waals surface area (Å²) < 4.78 is 27.2. The molecule has 0 aliphatic carbocycles. The highest BCUT2D eigenvalue weighted by Crippen LogP contribution is 2.22. The van der Waals surface area contributed by atoms with E-state index < -0.39 is 10.0 Å². The highest BCUT2D eigenvalue weighted by Gasteiger charge is 2.30. The van der Waals surface area contributed by atoms with E-state index in [-0.39, 0.29) is 11.9 Å². The van der Waals surface area contributed by atoms with Crippen LogP contribution in [0.15, 0.2) is 47.6 Å². The van der Waals surface area contributed by atoms with Gasteiger partial charge in [0.25, 0.3) is 5.91 Å². The molecule has 2 aromatic rings. The standard InChI is InChI=1S/C19H23N3O3S/c1-14-5-6-18(12-15(14)2)26(24,25)22-10-7-17(8-11-22)21-19(23)16-4-3-9-20-13-16/h3-6,9,12-13,17H,7-8,10-11H2,1-2H3,(H,21,23). The molecule has 7 heteroatoms. The minimum atomic E-state index is -3.49. The lowest BCUT2D eigenvalue weighted by atomic mass is 10.1. The molecule has 0 unspecified atom stereocenters. The molecule has 1 aliphatic heterocycles. The number of nitrogens with zero attached hydrogens (tertiary/aromatic N) is 2. The number of hydrogen-bond donors (Lipinski definition) is 1. The van der Waals surface area contributed by atoms with E-state index in [1.807, 2.05) is 19.9 Å². The molecular weight excluding hydrogens is 350 g/mol. The summed E-state index contributed by atoms with van der Waals surface area (Å²) in [6.45, 7) is 4.66. The fourth-order valence-electron chi connectivity index (χ4n) is 3.03. The molecule has 1 fully saturated rings. The van der Waals surface area contributed by atoms with Crippen molar-refractivity contribution in [3.05, 3.63) is 59.4 Å². The number of benzene rings is 1.